The fourth-order valence-corrected chi connectivity index (χ4v) is 2.80. The zero-order valence-corrected chi connectivity index (χ0v) is 9.55. The summed E-state index contributed by atoms with van der Waals surface area (Å²) in [4.78, 5) is 4.57. The number of benzene rings is 1. The van der Waals surface area contributed by atoms with Gasteiger partial charge in [-0.3, -0.25) is 0 Å². The van der Waals surface area contributed by atoms with Crippen LogP contribution in [0.3, 0.4) is 0 Å². The molecule has 3 heteroatoms. The van der Waals surface area contributed by atoms with Crippen molar-refractivity contribution in [2.75, 3.05) is 5.32 Å². The highest BCUT2D eigenvalue weighted by atomic mass is 32.1. The predicted molar refractivity (Wildman–Crippen MR) is 65.4 cm³/mol. The van der Waals surface area contributed by atoms with Crippen LogP contribution in [0.4, 0.5) is 5.13 Å². The van der Waals surface area contributed by atoms with Gasteiger partial charge in [-0.25, -0.2) is 4.98 Å². The van der Waals surface area contributed by atoms with E-state index in [1.54, 1.807) is 11.3 Å². The molecule has 0 radical (unpaired) electrons. The standard InChI is InChI=1S/C12H14N2S/c1-8(9-6-7-9)13-12-14-10-4-2-3-5-11(10)15-12/h2-5,8-9H,6-7H2,1H3,(H,13,14). The maximum atomic E-state index is 4.57. The minimum absolute atomic E-state index is 0.575. The zero-order chi connectivity index (χ0) is 10.3. The molecule has 1 heterocycles. The molecule has 2 nitrogen and oxygen atoms in total. The van der Waals surface area contributed by atoms with Gasteiger partial charge in [0.1, 0.15) is 0 Å². The van der Waals surface area contributed by atoms with Crippen LogP contribution < -0.4 is 5.32 Å². The highest BCUT2D eigenvalue weighted by Gasteiger charge is 2.28. The second-order valence-corrected chi connectivity index (χ2v) is 5.29. The topological polar surface area (TPSA) is 24.9 Å². The van der Waals surface area contributed by atoms with Gasteiger partial charge in [-0.05, 0) is 37.8 Å². The Morgan fingerprint density at radius 2 is 2.20 bits per heavy atom. The van der Waals surface area contributed by atoms with Crippen molar-refractivity contribution in [2.24, 2.45) is 5.92 Å². The molecule has 0 amide bonds. The van der Waals surface area contributed by atoms with Crippen LogP contribution in [0.2, 0.25) is 0 Å². The average molecular weight is 218 g/mol. The Morgan fingerprint density at radius 1 is 1.40 bits per heavy atom. The molecule has 78 valence electrons. The van der Waals surface area contributed by atoms with Crippen LogP contribution in [0.1, 0.15) is 19.8 Å². The normalized spacial score (nSPS) is 17.9. The zero-order valence-electron chi connectivity index (χ0n) is 8.73. The van der Waals surface area contributed by atoms with E-state index in [0.29, 0.717) is 6.04 Å². The lowest BCUT2D eigenvalue weighted by Gasteiger charge is -2.10. The Bertz CT molecular complexity index is 440. The number of nitrogens with one attached hydrogen (secondary N) is 1. The number of thiazole rings is 1. The molecular formula is C12H14N2S. The average Bonchev–Trinajstić information content (AvgIpc) is 2.99. The summed E-state index contributed by atoms with van der Waals surface area (Å²) in [6.45, 7) is 2.25. The first-order valence-corrected chi connectivity index (χ1v) is 6.27. The van der Waals surface area contributed by atoms with Crippen molar-refractivity contribution in [1.82, 2.24) is 4.98 Å². The van der Waals surface area contributed by atoms with Crippen molar-refractivity contribution >= 4 is 26.7 Å². The molecule has 1 saturated carbocycles. The van der Waals surface area contributed by atoms with Crippen LogP contribution in [-0.4, -0.2) is 11.0 Å². The predicted octanol–water partition coefficient (Wildman–Crippen LogP) is 3.51. The maximum Gasteiger partial charge on any atom is 0.184 e. The van der Waals surface area contributed by atoms with Crippen LogP contribution in [0.5, 0.6) is 0 Å². The van der Waals surface area contributed by atoms with Gasteiger partial charge < -0.3 is 5.32 Å². The van der Waals surface area contributed by atoms with Crippen molar-refractivity contribution < 1.29 is 0 Å². The Kier molecular flexibility index (Phi) is 2.13. The molecule has 1 N–H and O–H groups in total. The number of hydrogen-bond acceptors (Lipinski definition) is 3. The van der Waals surface area contributed by atoms with E-state index in [1.165, 1.54) is 17.5 Å². The number of anilines is 1. The van der Waals surface area contributed by atoms with E-state index in [4.69, 9.17) is 0 Å². The highest BCUT2D eigenvalue weighted by molar-refractivity contribution is 7.22. The van der Waals surface area contributed by atoms with Gasteiger partial charge in [-0.15, -0.1) is 0 Å². The second kappa shape index (κ2) is 3.49. The first-order valence-electron chi connectivity index (χ1n) is 5.45. The van der Waals surface area contributed by atoms with Crippen molar-refractivity contribution in [2.45, 2.75) is 25.8 Å². The van der Waals surface area contributed by atoms with Gasteiger partial charge in [0.15, 0.2) is 5.13 Å². The van der Waals surface area contributed by atoms with Gasteiger partial charge >= 0.3 is 0 Å². The molecule has 15 heavy (non-hydrogen) atoms. The Morgan fingerprint density at radius 3 is 2.93 bits per heavy atom. The van der Waals surface area contributed by atoms with Gasteiger partial charge in [0.05, 0.1) is 10.2 Å². The van der Waals surface area contributed by atoms with E-state index in [-0.39, 0.29) is 0 Å². The molecule has 1 aromatic carbocycles. The fourth-order valence-electron chi connectivity index (χ4n) is 1.84. The lowest BCUT2D eigenvalue weighted by molar-refractivity contribution is 0.693. The third-order valence-electron chi connectivity index (χ3n) is 2.97. The van der Waals surface area contributed by atoms with E-state index in [9.17, 15) is 0 Å². The largest absolute Gasteiger partial charge is 0.359 e. The van der Waals surface area contributed by atoms with E-state index >= 15 is 0 Å². The van der Waals surface area contributed by atoms with Gasteiger partial charge in [0.2, 0.25) is 0 Å². The number of nitrogens with zero attached hydrogens (tertiary/aromatic N) is 1. The summed E-state index contributed by atoms with van der Waals surface area (Å²) >= 11 is 1.75. The number of hydrogen-bond donors (Lipinski definition) is 1. The highest BCUT2D eigenvalue weighted by Crippen LogP contribution is 2.35. The van der Waals surface area contributed by atoms with Crippen molar-refractivity contribution in [3.8, 4) is 0 Å². The molecular weight excluding hydrogens is 204 g/mol. The summed E-state index contributed by atoms with van der Waals surface area (Å²) in [7, 11) is 0. The first-order chi connectivity index (χ1) is 7.33. The summed E-state index contributed by atoms with van der Waals surface area (Å²) in [5, 5.41) is 4.57. The number of aromatic nitrogens is 1. The van der Waals surface area contributed by atoms with Crippen LogP contribution in [0, 0.1) is 5.92 Å². The molecule has 3 rings (SSSR count). The van der Waals surface area contributed by atoms with Crippen LogP contribution >= 0.6 is 11.3 Å². The minimum atomic E-state index is 0.575. The molecule has 0 spiro atoms. The van der Waals surface area contributed by atoms with Gasteiger partial charge in [0.25, 0.3) is 0 Å². The van der Waals surface area contributed by atoms with Crippen molar-refractivity contribution in [1.29, 1.82) is 0 Å². The second-order valence-electron chi connectivity index (χ2n) is 4.26. The smallest absolute Gasteiger partial charge is 0.184 e. The molecule has 2 aromatic rings. The third-order valence-corrected chi connectivity index (χ3v) is 3.94. The SMILES string of the molecule is CC(Nc1nc2ccccc2s1)C1CC1. The molecule has 0 saturated heterocycles. The van der Waals surface area contributed by atoms with Crippen molar-refractivity contribution in [3.05, 3.63) is 24.3 Å². The van der Waals surface area contributed by atoms with E-state index in [0.717, 1.165) is 16.6 Å². The summed E-state index contributed by atoms with van der Waals surface area (Å²) in [6, 6.07) is 8.87. The Balaban J connectivity index is 1.84. The van der Waals surface area contributed by atoms with Gasteiger partial charge in [0, 0.05) is 6.04 Å². The van der Waals surface area contributed by atoms with Crippen LogP contribution in [0.15, 0.2) is 24.3 Å². The Hall–Kier alpha value is -1.09. The lowest BCUT2D eigenvalue weighted by atomic mass is 10.2. The summed E-state index contributed by atoms with van der Waals surface area (Å²) in [5.74, 6) is 0.872. The van der Waals surface area contributed by atoms with E-state index < -0.39 is 0 Å². The quantitative estimate of drug-likeness (QED) is 0.852. The summed E-state index contributed by atoms with van der Waals surface area (Å²) in [6.07, 6.45) is 2.75. The summed E-state index contributed by atoms with van der Waals surface area (Å²) in [5.41, 5.74) is 1.10. The van der Waals surface area contributed by atoms with E-state index in [2.05, 4.69) is 35.4 Å². The monoisotopic (exact) mass is 218 g/mol. The number of fused-ring (bicyclic) bond motifs is 1. The molecule has 0 bridgehead atoms. The number of rotatable bonds is 3. The lowest BCUT2D eigenvalue weighted by Crippen LogP contribution is -2.16. The fraction of sp³-hybridized carbons (Fsp3) is 0.417. The van der Waals surface area contributed by atoms with Gasteiger partial charge in [-0.1, -0.05) is 23.5 Å². The number of para-hydroxylation sites is 1. The summed E-state index contributed by atoms with van der Waals surface area (Å²) < 4.78 is 1.27. The van der Waals surface area contributed by atoms with E-state index in [1.807, 2.05) is 6.07 Å². The van der Waals surface area contributed by atoms with Crippen LogP contribution in [-0.2, 0) is 0 Å². The third kappa shape index (κ3) is 1.84. The molecule has 1 aromatic heterocycles. The molecule has 0 aliphatic heterocycles. The molecule has 1 aliphatic rings. The van der Waals surface area contributed by atoms with Crippen LogP contribution in [0.25, 0.3) is 10.2 Å². The minimum Gasteiger partial charge on any atom is -0.359 e. The molecule has 1 unspecified atom stereocenters. The van der Waals surface area contributed by atoms with Gasteiger partial charge in [-0.2, -0.15) is 0 Å². The van der Waals surface area contributed by atoms with Crippen molar-refractivity contribution in [3.63, 3.8) is 0 Å². The Labute approximate surface area is 93.3 Å². The maximum absolute atomic E-state index is 4.57. The molecule has 1 atom stereocenters. The molecule has 1 aliphatic carbocycles. The first kappa shape index (κ1) is 9.16. The molecule has 1 fully saturated rings.